The Kier molecular flexibility index (Phi) is 6.32. The Labute approximate surface area is 142 Å². The van der Waals surface area contributed by atoms with E-state index < -0.39 is 30.4 Å². The van der Waals surface area contributed by atoms with E-state index in [1.807, 2.05) is 0 Å². The van der Waals surface area contributed by atoms with Crippen molar-refractivity contribution in [3.8, 4) is 0 Å². The van der Waals surface area contributed by atoms with Crippen LogP contribution in [0.1, 0.15) is 11.7 Å². The standard InChI is InChI=1S/C16H19BrO6/c1-21-8-9-7-11(16(20)22-2)15(23-9)14(19)13(18)10-5-3-4-6-12(10)17/h3-7,9,13-15,18-19H,8H2,1-2H3/t9-,13?,14?,15+/m1/s1. The summed E-state index contributed by atoms with van der Waals surface area (Å²) < 4.78 is 16.0. The van der Waals surface area contributed by atoms with Gasteiger partial charge in [-0.1, -0.05) is 34.1 Å². The maximum atomic E-state index is 11.9. The first-order chi connectivity index (χ1) is 11.0. The number of hydrogen-bond acceptors (Lipinski definition) is 6. The number of aliphatic hydroxyl groups is 2. The monoisotopic (exact) mass is 386 g/mol. The first-order valence-electron chi connectivity index (χ1n) is 7.04. The second-order valence-corrected chi connectivity index (χ2v) is 5.98. The summed E-state index contributed by atoms with van der Waals surface area (Å²) in [6.07, 6.45) is -2.49. The van der Waals surface area contributed by atoms with Crippen molar-refractivity contribution in [2.24, 2.45) is 0 Å². The molecular weight excluding hydrogens is 368 g/mol. The van der Waals surface area contributed by atoms with Gasteiger partial charge in [0.1, 0.15) is 24.4 Å². The number of rotatable bonds is 6. The molecule has 0 amide bonds. The minimum Gasteiger partial charge on any atom is -0.466 e. The Morgan fingerprint density at radius 3 is 2.65 bits per heavy atom. The third-order valence-corrected chi connectivity index (χ3v) is 4.33. The van der Waals surface area contributed by atoms with Gasteiger partial charge in [-0.05, 0) is 17.7 Å². The maximum Gasteiger partial charge on any atom is 0.336 e. The fourth-order valence-corrected chi connectivity index (χ4v) is 3.00. The van der Waals surface area contributed by atoms with Gasteiger partial charge in [0.25, 0.3) is 0 Å². The van der Waals surface area contributed by atoms with Crippen molar-refractivity contribution in [1.29, 1.82) is 0 Å². The molecule has 0 saturated heterocycles. The highest BCUT2D eigenvalue weighted by Gasteiger charge is 2.40. The number of carbonyl (C=O) groups excluding carboxylic acids is 1. The third-order valence-electron chi connectivity index (χ3n) is 3.60. The lowest BCUT2D eigenvalue weighted by Crippen LogP contribution is -2.37. The Hall–Kier alpha value is -1.25. The summed E-state index contributed by atoms with van der Waals surface area (Å²) in [5, 5.41) is 21.0. The molecule has 1 aromatic rings. The number of aliphatic hydroxyl groups excluding tert-OH is 2. The molecule has 23 heavy (non-hydrogen) atoms. The molecule has 6 nitrogen and oxygen atoms in total. The Morgan fingerprint density at radius 2 is 2.04 bits per heavy atom. The predicted molar refractivity (Wildman–Crippen MR) is 85.7 cm³/mol. The summed E-state index contributed by atoms with van der Waals surface area (Å²) in [7, 11) is 2.76. The van der Waals surface area contributed by atoms with Crippen LogP contribution in [0.15, 0.2) is 40.4 Å². The summed E-state index contributed by atoms with van der Waals surface area (Å²) >= 11 is 3.33. The molecule has 2 unspecified atom stereocenters. The molecule has 0 saturated carbocycles. The Bertz CT molecular complexity index is 588. The third kappa shape index (κ3) is 3.99. The van der Waals surface area contributed by atoms with Gasteiger partial charge in [-0.25, -0.2) is 4.79 Å². The molecule has 1 aliphatic rings. The second kappa shape index (κ2) is 8.03. The first kappa shape index (κ1) is 18.1. The van der Waals surface area contributed by atoms with Crippen molar-refractivity contribution >= 4 is 21.9 Å². The molecular formula is C16H19BrO6. The lowest BCUT2D eigenvalue weighted by molar-refractivity contribution is -0.140. The van der Waals surface area contributed by atoms with Crippen LogP contribution in [0.5, 0.6) is 0 Å². The van der Waals surface area contributed by atoms with Crippen LogP contribution >= 0.6 is 15.9 Å². The van der Waals surface area contributed by atoms with Gasteiger partial charge in [-0.3, -0.25) is 0 Å². The van der Waals surface area contributed by atoms with Crippen molar-refractivity contribution in [2.75, 3.05) is 20.8 Å². The largest absolute Gasteiger partial charge is 0.466 e. The minimum absolute atomic E-state index is 0.174. The van der Waals surface area contributed by atoms with Gasteiger partial charge >= 0.3 is 5.97 Å². The number of carbonyl (C=O) groups is 1. The second-order valence-electron chi connectivity index (χ2n) is 5.12. The van der Waals surface area contributed by atoms with Gasteiger partial charge in [0.15, 0.2) is 0 Å². The highest BCUT2D eigenvalue weighted by molar-refractivity contribution is 9.10. The highest BCUT2D eigenvalue weighted by Crippen LogP contribution is 2.32. The van der Waals surface area contributed by atoms with Crippen LogP contribution in [-0.4, -0.2) is 55.3 Å². The van der Waals surface area contributed by atoms with E-state index >= 15 is 0 Å². The van der Waals surface area contributed by atoms with E-state index in [2.05, 4.69) is 15.9 Å². The molecule has 126 valence electrons. The zero-order valence-electron chi connectivity index (χ0n) is 12.8. The van der Waals surface area contributed by atoms with Gasteiger partial charge in [-0.2, -0.15) is 0 Å². The molecule has 0 spiro atoms. The maximum absolute atomic E-state index is 11.9. The molecule has 0 bridgehead atoms. The molecule has 2 rings (SSSR count). The predicted octanol–water partition coefficient (Wildman–Crippen LogP) is 1.36. The lowest BCUT2D eigenvalue weighted by Gasteiger charge is -2.26. The van der Waals surface area contributed by atoms with E-state index in [0.29, 0.717) is 10.0 Å². The van der Waals surface area contributed by atoms with E-state index in [4.69, 9.17) is 14.2 Å². The van der Waals surface area contributed by atoms with Crippen molar-refractivity contribution in [3.05, 3.63) is 46.0 Å². The molecule has 1 heterocycles. The van der Waals surface area contributed by atoms with Crippen LogP contribution < -0.4 is 0 Å². The van der Waals surface area contributed by atoms with Crippen LogP contribution in [0.3, 0.4) is 0 Å². The fourth-order valence-electron chi connectivity index (χ4n) is 2.48. The number of ether oxygens (including phenoxy) is 3. The van der Waals surface area contributed by atoms with Crippen LogP contribution in [0.25, 0.3) is 0 Å². The van der Waals surface area contributed by atoms with Gasteiger partial charge < -0.3 is 24.4 Å². The average molecular weight is 387 g/mol. The average Bonchev–Trinajstić information content (AvgIpc) is 2.97. The van der Waals surface area contributed by atoms with Gasteiger partial charge in [-0.15, -0.1) is 0 Å². The summed E-state index contributed by atoms with van der Waals surface area (Å²) in [4.78, 5) is 11.9. The normalized spacial score (nSPS) is 23.3. The van der Waals surface area contributed by atoms with Crippen molar-refractivity contribution in [1.82, 2.24) is 0 Å². The van der Waals surface area contributed by atoms with E-state index in [-0.39, 0.29) is 12.2 Å². The zero-order chi connectivity index (χ0) is 17.0. The van der Waals surface area contributed by atoms with Crippen molar-refractivity contribution in [3.63, 3.8) is 0 Å². The molecule has 1 aromatic carbocycles. The molecule has 0 aromatic heterocycles. The lowest BCUT2D eigenvalue weighted by atomic mass is 9.96. The minimum atomic E-state index is -1.33. The van der Waals surface area contributed by atoms with Crippen molar-refractivity contribution in [2.45, 2.75) is 24.4 Å². The van der Waals surface area contributed by atoms with Crippen LogP contribution in [0.4, 0.5) is 0 Å². The summed E-state index contributed by atoms with van der Waals surface area (Å²) in [5.74, 6) is -0.605. The van der Waals surface area contributed by atoms with Crippen LogP contribution in [-0.2, 0) is 19.0 Å². The van der Waals surface area contributed by atoms with E-state index in [9.17, 15) is 15.0 Å². The fraction of sp³-hybridized carbons (Fsp3) is 0.438. The summed E-state index contributed by atoms with van der Waals surface area (Å²) in [6.45, 7) is 0.231. The molecule has 2 N–H and O–H groups in total. The Balaban J connectivity index is 2.23. The summed E-state index contributed by atoms with van der Waals surface area (Å²) in [5.41, 5.74) is 0.677. The number of methoxy groups -OCH3 is 2. The van der Waals surface area contributed by atoms with Gasteiger partial charge in [0, 0.05) is 11.6 Å². The molecule has 0 fully saturated rings. The molecule has 0 aliphatic carbocycles. The number of benzene rings is 1. The number of esters is 1. The van der Waals surface area contributed by atoms with E-state index in [0.717, 1.165) is 0 Å². The molecule has 0 radical (unpaired) electrons. The SMILES string of the molecule is COC[C@H]1C=C(C(=O)OC)[C@@H](C(O)C(O)c2ccccc2Br)O1. The van der Waals surface area contributed by atoms with E-state index in [1.54, 1.807) is 30.3 Å². The Morgan fingerprint density at radius 1 is 1.35 bits per heavy atom. The van der Waals surface area contributed by atoms with Gasteiger partial charge in [0.2, 0.25) is 0 Å². The molecule has 7 heteroatoms. The topological polar surface area (TPSA) is 85.2 Å². The first-order valence-corrected chi connectivity index (χ1v) is 7.83. The molecule has 4 atom stereocenters. The van der Waals surface area contributed by atoms with Crippen LogP contribution in [0, 0.1) is 0 Å². The van der Waals surface area contributed by atoms with Crippen LogP contribution in [0.2, 0.25) is 0 Å². The highest BCUT2D eigenvalue weighted by atomic mass is 79.9. The zero-order valence-corrected chi connectivity index (χ0v) is 14.4. The van der Waals surface area contributed by atoms with Gasteiger partial charge in [0.05, 0.1) is 19.3 Å². The molecule has 1 aliphatic heterocycles. The van der Waals surface area contributed by atoms with E-state index in [1.165, 1.54) is 14.2 Å². The van der Waals surface area contributed by atoms with Crippen molar-refractivity contribution < 1.29 is 29.2 Å². The number of halogens is 1. The number of hydrogen-bond donors (Lipinski definition) is 2. The summed E-state index contributed by atoms with van der Waals surface area (Å²) in [6, 6.07) is 6.98. The quantitative estimate of drug-likeness (QED) is 0.717. The smallest absolute Gasteiger partial charge is 0.336 e.